The van der Waals surface area contributed by atoms with Gasteiger partial charge in [0.1, 0.15) is 0 Å². The zero-order chi connectivity index (χ0) is 19.1. The molecule has 2 fully saturated rings. The summed E-state index contributed by atoms with van der Waals surface area (Å²) in [5.41, 5.74) is 0. The van der Waals surface area contributed by atoms with Gasteiger partial charge in [0.15, 0.2) is 5.96 Å². The molecule has 3 rings (SSSR count). The minimum absolute atomic E-state index is 0. The van der Waals surface area contributed by atoms with E-state index in [1.54, 1.807) is 6.20 Å². The van der Waals surface area contributed by atoms with E-state index in [0.29, 0.717) is 5.91 Å². The molecular weight excluding hydrogens is 469 g/mol. The lowest BCUT2D eigenvalue weighted by atomic mass is 10.2. The molecule has 9 heteroatoms. The average Bonchev–Trinajstić information content (AvgIpc) is 3.41. The average molecular weight is 503 g/mol. The maximum atomic E-state index is 12.6. The van der Waals surface area contributed by atoms with Crippen molar-refractivity contribution in [3.63, 3.8) is 0 Å². The lowest BCUT2D eigenvalue weighted by Gasteiger charge is -2.39. The van der Waals surface area contributed by atoms with Gasteiger partial charge in [-0.25, -0.2) is 0 Å². The van der Waals surface area contributed by atoms with Gasteiger partial charge in [0.05, 0.1) is 6.04 Å². The molecule has 0 aliphatic carbocycles. The van der Waals surface area contributed by atoms with E-state index in [-0.39, 0.29) is 30.0 Å². The molecule has 0 bridgehead atoms. The maximum Gasteiger partial charge on any atom is 0.239 e. The van der Waals surface area contributed by atoms with Crippen LogP contribution in [0.15, 0.2) is 23.5 Å². The summed E-state index contributed by atoms with van der Waals surface area (Å²) in [6.45, 7) is 9.28. The summed E-state index contributed by atoms with van der Waals surface area (Å²) in [7, 11) is 1.84. The lowest BCUT2D eigenvalue weighted by molar-refractivity contribution is -0.135. The van der Waals surface area contributed by atoms with Gasteiger partial charge >= 0.3 is 0 Å². The van der Waals surface area contributed by atoms with Crippen LogP contribution in [0.3, 0.4) is 0 Å². The molecule has 8 nitrogen and oxygen atoms in total. The van der Waals surface area contributed by atoms with Crippen LogP contribution in [0.25, 0.3) is 0 Å². The number of guanidine groups is 1. The summed E-state index contributed by atoms with van der Waals surface area (Å²) in [5.74, 6) is 1.25. The summed E-state index contributed by atoms with van der Waals surface area (Å²) < 4.78 is 1.95. The number of carbonyl (C=O) groups is 1. The molecular formula is C19H34IN7O. The molecule has 0 radical (unpaired) electrons. The summed E-state index contributed by atoms with van der Waals surface area (Å²) >= 11 is 0. The second kappa shape index (κ2) is 11.6. The van der Waals surface area contributed by atoms with Crippen molar-refractivity contribution in [1.29, 1.82) is 0 Å². The van der Waals surface area contributed by atoms with Crippen LogP contribution in [0.2, 0.25) is 0 Å². The molecule has 2 aliphatic heterocycles. The fraction of sp³-hybridized carbons (Fsp3) is 0.737. The highest BCUT2D eigenvalue weighted by molar-refractivity contribution is 14.0. The molecule has 0 saturated carbocycles. The topological polar surface area (TPSA) is 69.0 Å². The number of aryl methyl sites for hydroxylation is 1. The van der Waals surface area contributed by atoms with Crippen molar-refractivity contribution in [2.75, 3.05) is 52.9 Å². The van der Waals surface area contributed by atoms with E-state index >= 15 is 0 Å². The molecule has 1 unspecified atom stereocenters. The molecule has 1 amide bonds. The number of nitrogens with one attached hydrogen (secondary N) is 1. The summed E-state index contributed by atoms with van der Waals surface area (Å²) in [4.78, 5) is 23.7. The van der Waals surface area contributed by atoms with Gasteiger partial charge in [0.25, 0.3) is 0 Å². The number of likely N-dealkylation sites (tertiary alicyclic amines) is 1. The first-order chi connectivity index (χ1) is 13.2. The SMILES string of the molecule is CN=C(NCCCn1cccn1)N1CCN(C(C)C(=O)N2CCCC2)CC1.I. The number of amides is 1. The quantitative estimate of drug-likeness (QED) is 0.273. The van der Waals surface area contributed by atoms with Crippen molar-refractivity contribution in [2.45, 2.75) is 38.8 Å². The number of carbonyl (C=O) groups excluding carboxylic acids is 1. The number of aliphatic imine (C=N–C) groups is 1. The van der Waals surface area contributed by atoms with E-state index in [9.17, 15) is 4.79 Å². The second-order valence-corrected chi connectivity index (χ2v) is 7.33. The van der Waals surface area contributed by atoms with Gasteiger partial charge in [0, 0.05) is 71.8 Å². The summed E-state index contributed by atoms with van der Waals surface area (Å²) in [6, 6.07) is 1.93. The Kier molecular flexibility index (Phi) is 9.49. The number of hydrogen-bond donors (Lipinski definition) is 1. The molecule has 2 saturated heterocycles. The van der Waals surface area contributed by atoms with Crippen LogP contribution in [0.4, 0.5) is 0 Å². The highest BCUT2D eigenvalue weighted by Crippen LogP contribution is 2.14. The Balaban J connectivity index is 0.00000280. The van der Waals surface area contributed by atoms with Gasteiger partial charge < -0.3 is 15.1 Å². The number of rotatable bonds is 6. The van der Waals surface area contributed by atoms with E-state index in [0.717, 1.165) is 77.6 Å². The highest BCUT2D eigenvalue weighted by Gasteiger charge is 2.30. The smallest absolute Gasteiger partial charge is 0.239 e. The summed E-state index contributed by atoms with van der Waals surface area (Å²) in [5, 5.41) is 7.68. The number of aromatic nitrogens is 2. The predicted octanol–water partition coefficient (Wildman–Crippen LogP) is 1.10. The Morgan fingerprint density at radius 3 is 2.46 bits per heavy atom. The van der Waals surface area contributed by atoms with Crippen molar-refractivity contribution in [2.24, 2.45) is 4.99 Å². The van der Waals surface area contributed by atoms with Gasteiger partial charge in [0.2, 0.25) is 5.91 Å². The van der Waals surface area contributed by atoms with Crippen LogP contribution < -0.4 is 5.32 Å². The fourth-order valence-electron chi connectivity index (χ4n) is 3.89. The normalized spacial score (nSPS) is 19.4. The van der Waals surface area contributed by atoms with Crippen molar-refractivity contribution in [3.05, 3.63) is 18.5 Å². The van der Waals surface area contributed by atoms with Crippen LogP contribution in [-0.4, -0.2) is 95.2 Å². The molecule has 0 aromatic carbocycles. The Morgan fingerprint density at radius 2 is 1.86 bits per heavy atom. The standard InChI is InChI=1S/C19H33N7O.HI/c1-17(18(27)24-9-3-4-10-24)23-13-15-25(16-14-23)19(20-2)21-7-5-11-26-12-6-8-22-26;/h6,8,12,17H,3-5,7,9-11,13-16H2,1-2H3,(H,20,21);1H. The Bertz CT molecular complexity index is 608. The molecule has 3 heterocycles. The maximum absolute atomic E-state index is 12.6. The van der Waals surface area contributed by atoms with E-state index in [2.05, 4.69) is 32.1 Å². The summed E-state index contributed by atoms with van der Waals surface area (Å²) in [6.07, 6.45) is 7.09. The zero-order valence-corrected chi connectivity index (χ0v) is 19.4. The third kappa shape index (κ3) is 6.07. The zero-order valence-electron chi connectivity index (χ0n) is 17.1. The molecule has 1 atom stereocenters. The van der Waals surface area contributed by atoms with Crippen LogP contribution in [0.1, 0.15) is 26.2 Å². The van der Waals surface area contributed by atoms with Gasteiger partial charge in [-0.05, 0) is 32.3 Å². The Morgan fingerprint density at radius 1 is 1.14 bits per heavy atom. The van der Waals surface area contributed by atoms with Crippen LogP contribution in [0, 0.1) is 0 Å². The van der Waals surface area contributed by atoms with Crippen molar-refractivity contribution in [3.8, 4) is 0 Å². The predicted molar refractivity (Wildman–Crippen MR) is 122 cm³/mol. The third-order valence-corrected chi connectivity index (χ3v) is 5.55. The lowest BCUT2D eigenvalue weighted by Crippen LogP contribution is -2.57. The van der Waals surface area contributed by atoms with E-state index in [4.69, 9.17) is 0 Å². The van der Waals surface area contributed by atoms with Crippen LogP contribution >= 0.6 is 24.0 Å². The van der Waals surface area contributed by atoms with Gasteiger partial charge in [-0.3, -0.25) is 19.4 Å². The monoisotopic (exact) mass is 503 g/mol. The van der Waals surface area contributed by atoms with E-state index < -0.39 is 0 Å². The Hall–Kier alpha value is -1.36. The molecule has 28 heavy (non-hydrogen) atoms. The number of nitrogens with zero attached hydrogens (tertiary/aromatic N) is 6. The van der Waals surface area contributed by atoms with E-state index in [1.807, 2.05) is 28.9 Å². The minimum atomic E-state index is -0.0192. The van der Waals surface area contributed by atoms with Crippen molar-refractivity contribution < 1.29 is 4.79 Å². The molecule has 1 aromatic heterocycles. The highest BCUT2D eigenvalue weighted by atomic mass is 127. The number of halogens is 1. The second-order valence-electron chi connectivity index (χ2n) is 7.33. The largest absolute Gasteiger partial charge is 0.356 e. The fourth-order valence-corrected chi connectivity index (χ4v) is 3.89. The van der Waals surface area contributed by atoms with Gasteiger partial charge in [-0.15, -0.1) is 24.0 Å². The molecule has 2 aliphatic rings. The van der Waals surface area contributed by atoms with E-state index in [1.165, 1.54) is 0 Å². The van der Waals surface area contributed by atoms with Gasteiger partial charge in [-0.1, -0.05) is 0 Å². The minimum Gasteiger partial charge on any atom is -0.356 e. The molecule has 158 valence electrons. The van der Waals surface area contributed by atoms with Gasteiger partial charge in [-0.2, -0.15) is 5.10 Å². The Labute approximate surface area is 185 Å². The van der Waals surface area contributed by atoms with Crippen LogP contribution in [0.5, 0.6) is 0 Å². The first-order valence-electron chi connectivity index (χ1n) is 10.1. The first kappa shape index (κ1) is 22.9. The van der Waals surface area contributed by atoms with Crippen molar-refractivity contribution >= 4 is 35.8 Å². The third-order valence-electron chi connectivity index (χ3n) is 5.55. The molecule has 0 spiro atoms. The molecule has 1 N–H and O–H groups in total. The molecule has 1 aromatic rings. The van der Waals surface area contributed by atoms with Crippen LogP contribution in [-0.2, 0) is 11.3 Å². The first-order valence-corrected chi connectivity index (χ1v) is 10.1. The number of hydrogen-bond acceptors (Lipinski definition) is 4. The van der Waals surface area contributed by atoms with Crippen molar-refractivity contribution in [1.82, 2.24) is 29.8 Å². The number of piperazine rings is 1.